The van der Waals surface area contributed by atoms with E-state index in [4.69, 9.17) is 0 Å². The minimum atomic E-state index is -0.749. The zero-order valence-electron chi connectivity index (χ0n) is 36.8. The van der Waals surface area contributed by atoms with Gasteiger partial charge in [-0.2, -0.15) is 0 Å². The van der Waals surface area contributed by atoms with Crippen LogP contribution in [0.3, 0.4) is 0 Å². The Morgan fingerprint density at radius 3 is 0.868 bits per heavy atom. The first kappa shape index (κ1) is 52.2. The van der Waals surface area contributed by atoms with Crippen LogP contribution in [0.2, 0.25) is 0 Å². The minimum Gasteiger partial charge on any atom is -0.870 e. The van der Waals surface area contributed by atoms with E-state index in [1.807, 2.05) is 121 Å². The summed E-state index contributed by atoms with van der Waals surface area (Å²) in [4.78, 5) is 49.3. The molecular weight excluding hydrogens is 892 g/mol. The SMILES string of the molecule is O=C(C(=O)c1ccc(F)cc1)c1ccc(F)cc1.O=C(Cc1ccccc1)Cc1ccccc1.O=C1C(c2ccccc2)=C(c2ccc(F)cc2)C(c2ccc(F)cc2)=C1c1ccccc1.[K+].[OH-]. The second kappa shape index (κ2) is 25.4. The van der Waals surface area contributed by atoms with E-state index in [2.05, 4.69) is 0 Å². The first-order valence-electron chi connectivity index (χ1n) is 20.9. The summed E-state index contributed by atoms with van der Waals surface area (Å²) in [5, 5.41) is 0. The maximum Gasteiger partial charge on any atom is 1.00 e. The quantitative estimate of drug-likeness (QED) is 0.0557. The molecular formula is C58H41F4KO5. The summed E-state index contributed by atoms with van der Waals surface area (Å²) in [7, 11) is 0. The predicted molar refractivity (Wildman–Crippen MR) is 253 cm³/mol. The number of allylic oxidation sites excluding steroid dienone is 4. The number of benzene rings is 8. The molecule has 1 N–H and O–H groups in total. The fraction of sp³-hybridized carbons (Fsp3) is 0.0345. The third kappa shape index (κ3) is 13.7. The molecule has 0 amide bonds. The molecule has 8 aromatic rings. The Balaban J connectivity index is 0.000000205. The summed E-state index contributed by atoms with van der Waals surface area (Å²) >= 11 is 0. The summed E-state index contributed by atoms with van der Waals surface area (Å²) in [6.07, 6.45) is 1.05. The molecule has 0 unspecified atom stereocenters. The minimum absolute atomic E-state index is 0. The molecule has 5 nitrogen and oxygen atoms in total. The fourth-order valence-corrected chi connectivity index (χ4v) is 7.35. The van der Waals surface area contributed by atoms with E-state index in [1.165, 1.54) is 48.5 Å². The van der Waals surface area contributed by atoms with Gasteiger partial charge in [0.1, 0.15) is 29.1 Å². The molecule has 0 saturated heterocycles. The molecule has 8 aromatic carbocycles. The van der Waals surface area contributed by atoms with Crippen LogP contribution in [-0.2, 0) is 22.4 Å². The van der Waals surface area contributed by atoms with Gasteiger partial charge in [-0.1, -0.05) is 146 Å². The van der Waals surface area contributed by atoms with Crippen LogP contribution in [0.15, 0.2) is 218 Å². The molecule has 1 aliphatic rings. The van der Waals surface area contributed by atoms with Crippen molar-refractivity contribution in [3.05, 3.63) is 286 Å². The Hall–Kier alpha value is -6.76. The maximum atomic E-state index is 13.9. The molecule has 9 rings (SSSR count). The van der Waals surface area contributed by atoms with Crippen LogP contribution >= 0.6 is 0 Å². The van der Waals surface area contributed by atoms with E-state index < -0.39 is 23.2 Å². The summed E-state index contributed by atoms with van der Waals surface area (Å²) in [5.74, 6) is -3.02. The average Bonchev–Trinajstić information content (AvgIpc) is 3.66. The molecule has 0 fully saturated rings. The van der Waals surface area contributed by atoms with Crippen molar-refractivity contribution in [1.29, 1.82) is 0 Å². The van der Waals surface area contributed by atoms with Gasteiger partial charge in [-0.25, -0.2) is 17.6 Å². The van der Waals surface area contributed by atoms with Crippen LogP contribution in [0.4, 0.5) is 17.6 Å². The van der Waals surface area contributed by atoms with Crippen molar-refractivity contribution in [3.63, 3.8) is 0 Å². The molecule has 0 spiro atoms. The number of ketones is 4. The van der Waals surface area contributed by atoms with Gasteiger partial charge in [0.05, 0.1) is 0 Å². The van der Waals surface area contributed by atoms with E-state index in [0.717, 1.165) is 57.6 Å². The van der Waals surface area contributed by atoms with Crippen LogP contribution in [0.1, 0.15) is 54.1 Å². The van der Waals surface area contributed by atoms with E-state index in [9.17, 15) is 36.7 Å². The normalized spacial score (nSPS) is 11.5. The second-order valence-electron chi connectivity index (χ2n) is 15.1. The van der Waals surface area contributed by atoms with Gasteiger partial charge in [-0.15, -0.1) is 0 Å². The van der Waals surface area contributed by atoms with Crippen molar-refractivity contribution in [3.8, 4) is 0 Å². The molecule has 0 saturated carbocycles. The number of hydrogen-bond acceptors (Lipinski definition) is 5. The standard InChI is InChI=1S/C29H18F2O.C15H14O.C14H8F2O2.K.H2O/c30-23-15-11-21(12-16-23)25-26(22-13-17-24(31)18-14-22)28(20-9-5-2-6-10-20)29(32)27(25)19-7-3-1-4-8-19;16-15(11-13-7-3-1-4-8-13)12-14-9-5-2-6-10-14;15-11-5-1-9(2-6-11)13(17)14(18)10-3-7-12(16)8-4-10;;/h1-18H;1-10H,11-12H2;1-8H;;1H2/q;;;+1;/p-1. The van der Waals surface area contributed by atoms with Gasteiger partial charge in [0.2, 0.25) is 11.6 Å². The molecule has 0 atom stereocenters. The summed E-state index contributed by atoms with van der Waals surface area (Å²) in [6.45, 7) is 0. The smallest absolute Gasteiger partial charge is 0.870 e. The largest absolute Gasteiger partial charge is 1.00 e. The Kier molecular flexibility index (Phi) is 19.5. The van der Waals surface area contributed by atoms with E-state index in [0.29, 0.717) is 35.1 Å². The zero-order valence-corrected chi connectivity index (χ0v) is 39.9. The number of carbonyl (C=O) groups excluding carboxylic acids is 4. The van der Waals surface area contributed by atoms with Crippen molar-refractivity contribution in [2.45, 2.75) is 12.8 Å². The summed E-state index contributed by atoms with van der Waals surface area (Å²) in [5.41, 5.74) is 7.92. The molecule has 0 bridgehead atoms. The van der Waals surface area contributed by atoms with Crippen LogP contribution in [0.5, 0.6) is 0 Å². The van der Waals surface area contributed by atoms with Crippen molar-refractivity contribution >= 4 is 45.4 Å². The van der Waals surface area contributed by atoms with Crippen LogP contribution in [0.25, 0.3) is 22.3 Å². The van der Waals surface area contributed by atoms with Crippen molar-refractivity contribution in [1.82, 2.24) is 0 Å². The van der Waals surface area contributed by atoms with Crippen molar-refractivity contribution in [2.24, 2.45) is 0 Å². The monoisotopic (exact) mass is 932 g/mol. The van der Waals surface area contributed by atoms with Crippen molar-refractivity contribution in [2.75, 3.05) is 0 Å². The first-order valence-corrected chi connectivity index (χ1v) is 20.9. The fourth-order valence-electron chi connectivity index (χ4n) is 7.35. The second-order valence-corrected chi connectivity index (χ2v) is 15.1. The summed E-state index contributed by atoms with van der Waals surface area (Å²) < 4.78 is 52.8. The van der Waals surface area contributed by atoms with E-state index in [1.54, 1.807) is 24.3 Å². The van der Waals surface area contributed by atoms with Gasteiger partial charge in [-0.05, 0) is 106 Å². The Bertz CT molecular complexity index is 2810. The molecule has 0 heterocycles. The molecule has 332 valence electrons. The van der Waals surface area contributed by atoms with Crippen LogP contribution in [0, 0.1) is 23.3 Å². The molecule has 0 aliphatic heterocycles. The Labute approximate surface area is 434 Å². The Morgan fingerprint density at radius 2 is 0.574 bits per heavy atom. The number of halogens is 4. The zero-order chi connectivity index (χ0) is 46.4. The number of Topliss-reactive ketones (excluding diaryl/α,β-unsaturated/α-hetero) is 4. The van der Waals surface area contributed by atoms with E-state index >= 15 is 0 Å². The molecule has 0 aromatic heterocycles. The van der Waals surface area contributed by atoms with Gasteiger partial charge >= 0.3 is 51.4 Å². The average molecular weight is 933 g/mol. The molecule has 68 heavy (non-hydrogen) atoms. The topological polar surface area (TPSA) is 98.3 Å². The molecule has 0 radical (unpaired) electrons. The van der Waals surface area contributed by atoms with Gasteiger partial charge in [0.15, 0.2) is 5.78 Å². The number of hydrogen-bond donors (Lipinski definition) is 0. The number of carbonyl (C=O) groups is 4. The van der Waals surface area contributed by atoms with E-state index in [-0.39, 0.29) is 91.2 Å². The number of rotatable bonds is 11. The van der Waals surface area contributed by atoms with Crippen LogP contribution in [-0.4, -0.2) is 28.6 Å². The maximum absolute atomic E-state index is 13.9. The molecule has 10 heteroatoms. The van der Waals surface area contributed by atoms with Crippen LogP contribution < -0.4 is 51.4 Å². The summed E-state index contributed by atoms with van der Waals surface area (Å²) in [6, 6.07) is 60.3. The molecule has 1 aliphatic carbocycles. The third-order valence-corrected chi connectivity index (χ3v) is 10.5. The van der Waals surface area contributed by atoms with Gasteiger partial charge < -0.3 is 5.48 Å². The third-order valence-electron chi connectivity index (χ3n) is 10.5. The Morgan fingerprint density at radius 1 is 0.324 bits per heavy atom. The first-order chi connectivity index (χ1) is 32.0. The van der Waals surface area contributed by atoms with Gasteiger partial charge in [0, 0.05) is 46.3 Å². The van der Waals surface area contributed by atoms with Crippen molar-refractivity contribution < 1.29 is 93.6 Å². The van der Waals surface area contributed by atoms with Gasteiger partial charge in [0.25, 0.3) is 0 Å². The predicted octanol–water partition coefficient (Wildman–Crippen LogP) is 9.97. The van der Waals surface area contributed by atoms with Gasteiger partial charge in [-0.3, -0.25) is 19.2 Å².